The van der Waals surface area contributed by atoms with E-state index in [0.29, 0.717) is 18.9 Å². The Hall–Kier alpha value is -1.22. The number of hydrogen-bond acceptors (Lipinski definition) is 2. The summed E-state index contributed by atoms with van der Waals surface area (Å²) in [6, 6.07) is 6.79. The minimum absolute atomic E-state index is 0.198. The molecule has 1 heterocycles. The van der Waals surface area contributed by atoms with Gasteiger partial charge in [0.05, 0.1) is 0 Å². The van der Waals surface area contributed by atoms with Crippen molar-refractivity contribution in [2.24, 2.45) is 0 Å². The van der Waals surface area contributed by atoms with Gasteiger partial charge in [0.2, 0.25) is 0 Å². The molecule has 1 aromatic rings. The molecule has 1 N–H and O–H groups in total. The standard InChI is InChI=1S/C14H18FNO/c15-12-4-1-3-11(9-12)10-14(17)7-6-13-5-2-8-16-13/h1,3-4,9,13,16H,2,5-8,10H2. The summed E-state index contributed by atoms with van der Waals surface area (Å²) in [4.78, 5) is 11.7. The van der Waals surface area contributed by atoms with Gasteiger partial charge in [-0.15, -0.1) is 0 Å². The third-order valence-corrected chi connectivity index (χ3v) is 3.22. The van der Waals surface area contributed by atoms with E-state index in [1.807, 2.05) is 0 Å². The molecule has 3 heteroatoms. The second-order valence-corrected chi connectivity index (χ2v) is 4.68. The Morgan fingerprint density at radius 3 is 3.06 bits per heavy atom. The zero-order valence-corrected chi connectivity index (χ0v) is 9.92. The predicted molar refractivity (Wildman–Crippen MR) is 65.4 cm³/mol. The SMILES string of the molecule is O=C(CCC1CCCN1)Cc1cccc(F)c1. The molecule has 2 nitrogen and oxygen atoms in total. The van der Waals surface area contributed by atoms with E-state index in [0.717, 1.165) is 18.5 Å². The fourth-order valence-electron chi connectivity index (χ4n) is 2.30. The second-order valence-electron chi connectivity index (χ2n) is 4.68. The van der Waals surface area contributed by atoms with Crippen molar-refractivity contribution in [3.8, 4) is 0 Å². The quantitative estimate of drug-likeness (QED) is 0.849. The Balaban J connectivity index is 1.76. The van der Waals surface area contributed by atoms with Gasteiger partial charge in [-0.2, -0.15) is 0 Å². The van der Waals surface area contributed by atoms with Crippen LogP contribution in [0.4, 0.5) is 4.39 Å². The highest BCUT2D eigenvalue weighted by Crippen LogP contribution is 2.12. The molecule has 2 rings (SSSR count). The molecule has 0 aliphatic carbocycles. The van der Waals surface area contributed by atoms with Crippen molar-refractivity contribution >= 4 is 5.78 Å². The maximum absolute atomic E-state index is 12.9. The first kappa shape index (κ1) is 12.2. The lowest BCUT2D eigenvalue weighted by Crippen LogP contribution is -2.22. The minimum atomic E-state index is -0.271. The van der Waals surface area contributed by atoms with Crippen molar-refractivity contribution < 1.29 is 9.18 Å². The molecule has 1 unspecified atom stereocenters. The summed E-state index contributed by atoms with van der Waals surface area (Å²) < 4.78 is 12.9. The lowest BCUT2D eigenvalue weighted by Gasteiger charge is -2.08. The van der Waals surface area contributed by atoms with Crippen molar-refractivity contribution in [2.75, 3.05) is 6.54 Å². The van der Waals surface area contributed by atoms with Gasteiger partial charge in [0.15, 0.2) is 0 Å². The number of nitrogens with one attached hydrogen (secondary N) is 1. The number of hydrogen-bond donors (Lipinski definition) is 1. The zero-order chi connectivity index (χ0) is 12.1. The monoisotopic (exact) mass is 235 g/mol. The number of carbonyl (C=O) groups is 1. The number of rotatable bonds is 5. The van der Waals surface area contributed by atoms with E-state index in [4.69, 9.17) is 0 Å². The average molecular weight is 235 g/mol. The van der Waals surface area contributed by atoms with Crippen molar-refractivity contribution in [3.05, 3.63) is 35.6 Å². The molecule has 1 aliphatic rings. The van der Waals surface area contributed by atoms with Gasteiger partial charge in [0.1, 0.15) is 11.6 Å². The summed E-state index contributed by atoms with van der Waals surface area (Å²) in [5, 5.41) is 3.37. The molecule has 1 fully saturated rings. The number of ketones is 1. The maximum atomic E-state index is 12.9. The van der Waals surface area contributed by atoms with E-state index < -0.39 is 0 Å². The Morgan fingerprint density at radius 1 is 1.47 bits per heavy atom. The minimum Gasteiger partial charge on any atom is -0.314 e. The van der Waals surface area contributed by atoms with Gasteiger partial charge >= 0.3 is 0 Å². The molecule has 0 saturated carbocycles. The van der Waals surface area contributed by atoms with Gasteiger partial charge in [-0.25, -0.2) is 4.39 Å². The summed E-state index contributed by atoms with van der Waals surface area (Å²) in [6.07, 6.45) is 4.24. The van der Waals surface area contributed by atoms with Gasteiger partial charge in [0, 0.05) is 18.9 Å². The van der Waals surface area contributed by atoms with Crippen molar-refractivity contribution in [1.29, 1.82) is 0 Å². The number of Topliss-reactive ketones (excluding diaryl/α,β-unsaturated/α-hetero) is 1. The van der Waals surface area contributed by atoms with Crippen LogP contribution in [0.25, 0.3) is 0 Å². The predicted octanol–water partition coefficient (Wildman–Crippen LogP) is 2.47. The topological polar surface area (TPSA) is 29.1 Å². The molecular weight excluding hydrogens is 217 g/mol. The fourth-order valence-corrected chi connectivity index (χ4v) is 2.30. The van der Waals surface area contributed by atoms with Crippen LogP contribution in [-0.2, 0) is 11.2 Å². The average Bonchev–Trinajstić information content (AvgIpc) is 2.79. The van der Waals surface area contributed by atoms with Crippen LogP contribution in [0.3, 0.4) is 0 Å². The van der Waals surface area contributed by atoms with Gasteiger partial charge in [-0.05, 0) is 43.5 Å². The second kappa shape index (κ2) is 5.92. The first-order chi connectivity index (χ1) is 8.24. The van der Waals surface area contributed by atoms with Crippen LogP contribution >= 0.6 is 0 Å². The summed E-state index contributed by atoms with van der Waals surface area (Å²) >= 11 is 0. The maximum Gasteiger partial charge on any atom is 0.137 e. The highest BCUT2D eigenvalue weighted by Gasteiger charge is 2.15. The molecule has 1 aromatic carbocycles. The third-order valence-electron chi connectivity index (χ3n) is 3.22. The Kier molecular flexibility index (Phi) is 4.26. The summed E-state index contributed by atoms with van der Waals surface area (Å²) in [6.45, 7) is 1.07. The Bertz CT molecular complexity index is 386. The van der Waals surface area contributed by atoms with E-state index in [1.54, 1.807) is 12.1 Å². The molecule has 1 atom stereocenters. The van der Waals surface area contributed by atoms with Gasteiger partial charge in [0.25, 0.3) is 0 Å². The lowest BCUT2D eigenvalue weighted by molar-refractivity contribution is -0.118. The van der Waals surface area contributed by atoms with E-state index in [2.05, 4.69) is 5.32 Å². The molecule has 1 saturated heterocycles. The van der Waals surface area contributed by atoms with E-state index in [1.165, 1.54) is 25.0 Å². The van der Waals surface area contributed by atoms with Gasteiger partial charge in [-0.3, -0.25) is 4.79 Å². The molecule has 0 spiro atoms. The summed E-state index contributed by atoms with van der Waals surface area (Å²) in [5.74, 6) is -0.0722. The summed E-state index contributed by atoms with van der Waals surface area (Å²) in [5.41, 5.74) is 0.773. The van der Waals surface area contributed by atoms with E-state index in [9.17, 15) is 9.18 Å². The molecule has 0 aromatic heterocycles. The van der Waals surface area contributed by atoms with Crippen LogP contribution < -0.4 is 5.32 Å². The van der Waals surface area contributed by atoms with E-state index >= 15 is 0 Å². The lowest BCUT2D eigenvalue weighted by atomic mass is 10.0. The largest absolute Gasteiger partial charge is 0.314 e. The first-order valence-electron chi connectivity index (χ1n) is 6.23. The normalized spacial score (nSPS) is 19.5. The smallest absolute Gasteiger partial charge is 0.137 e. The number of benzene rings is 1. The molecular formula is C14H18FNO. The molecule has 92 valence electrons. The Labute approximate surface area is 101 Å². The van der Waals surface area contributed by atoms with Crippen LogP contribution in [0, 0.1) is 5.82 Å². The van der Waals surface area contributed by atoms with Crippen molar-refractivity contribution in [3.63, 3.8) is 0 Å². The van der Waals surface area contributed by atoms with Crippen LogP contribution in [0.2, 0.25) is 0 Å². The highest BCUT2D eigenvalue weighted by molar-refractivity contribution is 5.80. The molecule has 0 radical (unpaired) electrons. The number of carbonyl (C=O) groups excluding carboxylic acids is 1. The van der Waals surface area contributed by atoms with Crippen LogP contribution in [0.5, 0.6) is 0 Å². The molecule has 17 heavy (non-hydrogen) atoms. The van der Waals surface area contributed by atoms with Crippen molar-refractivity contribution in [2.45, 2.75) is 38.1 Å². The molecule has 0 bridgehead atoms. The van der Waals surface area contributed by atoms with Crippen LogP contribution in [-0.4, -0.2) is 18.4 Å². The molecule has 0 amide bonds. The first-order valence-corrected chi connectivity index (χ1v) is 6.23. The third kappa shape index (κ3) is 3.93. The van der Waals surface area contributed by atoms with Gasteiger partial charge < -0.3 is 5.32 Å². The van der Waals surface area contributed by atoms with Gasteiger partial charge in [-0.1, -0.05) is 12.1 Å². The summed E-state index contributed by atoms with van der Waals surface area (Å²) in [7, 11) is 0. The van der Waals surface area contributed by atoms with E-state index in [-0.39, 0.29) is 11.6 Å². The van der Waals surface area contributed by atoms with Crippen LogP contribution in [0.1, 0.15) is 31.2 Å². The highest BCUT2D eigenvalue weighted by atomic mass is 19.1. The zero-order valence-electron chi connectivity index (χ0n) is 9.92. The van der Waals surface area contributed by atoms with Crippen molar-refractivity contribution in [1.82, 2.24) is 5.32 Å². The number of halogens is 1. The fraction of sp³-hybridized carbons (Fsp3) is 0.500. The molecule has 1 aliphatic heterocycles. The Morgan fingerprint density at radius 2 is 2.35 bits per heavy atom. The van der Waals surface area contributed by atoms with Crippen LogP contribution in [0.15, 0.2) is 24.3 Å².